The molecular formula is C16H24F2N4. The molecule has 1 aromatic rings. The number of halogens is 2. The van der Waals surface area contributed by atoms with Crippen molar-refractivity contribution in [3.8, 4) is 0 Å². The maximum absolute atomic E-state index is 13.3. The number of nitrogens with one attached hydrogen (secondary N) is 1. The Morgan fingerprint density at radius 3 is 2.95 bits per heavy atom. The van der Waals surface area contributed by atoms with Gasteiger partial charge in [0.05, 0.1) is 0 Å². The number of hydrogen-bond donors (Lipinski definition) is 2. The lowest BCUT2D eigenvalue weighted by atomic mass is 10.1. The zero-order valence-corrected chi connectivity index (χ0v) is 13.0. The van der Waals surface area contributed by atoms with Crippen molar-refractivity contribution in [2.24, 2.45) is 16.6 Å². The summed E-state index contributed by atoms with van der Waals surface area (Å²) in [6.07, 6.45) is 3.17. The number of unbranched alkanes of at least 4 members (excludes halogenated alkanes) is 1. The Morgan fingerprint density at radius 1 is 1.41 bits per heavy atom. The lowest BCUT2D eigenvalue weighted by molar-refractivity contribution is 0.508. The largest absolute Gasteiger partial charge is 0.371 e. The minimum Gasteiger partial charge on any atom is -0.371 e. The van der Waals surface area contributed by atoms with Crippen LogP contribution in [0.2, 0.25) is 0 Å². The van der Waals surface area contributed by atoms with E-state index >= 15 is 0 Å². The van der Waals surface area contributed by atoms with Crippen molar-refractivity contribution in [2.75, 3.05) is 31.1 Å². The van der Waals surface area contributed by atoms with Gasteiger partial charge < -0.3 is 16.0 Å². The fraction of sp³-hybridized carbons (Fsp3) is 0.562. The zero-order valence-electron chi connectivity index (χ0n) is 13.0. The molecule has 1 heterocycles. The van der Waals surface area contributed by atoms with Gasteiger partial charge in [0.25, 0.3) is 0 Å². The molecule has 0 amide bonds. The van der Waals surface area contributed by atoms with Gasteiger partial charge in [-0.05, 0) is 30.9 Å². The van der Waals surface area contributed by atoms with Crippen LogP contribution in [0, 0.1) is 17.6 Å². The number of guanidine groups is 1. The summed E-state index contributed by atoms with van der Waals surface area (Å²) in [6.45, 7) is 5.24. The molecule has 1 atom stereocenters. The SMILES string of the molecule is CCCCNC(N)=NCC1CCN(c2ccc(F)c(F)c2)C1. The van der Waals surface area contributed by atoms with Gasteiger partial charge in [-0.1, -0.05) is 13.3 Å². The van der Waals surface area contributed by atoms with E-state index in [1.807, 2.05) is 0 Å². The van der Waals surface area contributed by atoms with E-state index < -0.39 is 11.6 Å². The second-order valence-corrected chi connectivity index (χ2v) is 5.71. The molecule has 3 N–H and O–H groups in total. The predicted molar refractivity (Wildman–Crippen MR) is 86.1 cm³/mol. The maximum Gasteiger partial charge on any atom is 0.188 e. The van der Waals surface area contributed by atoms with Gasteiger partial charge in [-0.15, -0.1) is 0 Å². The van der Waals surface area contributed by atoms with E-state index in [4.69, 9.17) is 5.73 Å². The quantitative estimate of drug-likeness (QED) is 0.482. The fourth-order valence-electron chi connectivity index (χ4n) is 2.57. The number of nitrogens with two attached hydrogens (primary N) is 1. The number of anilines is 1. The third kappa shape index (κ3) is 4.58. The van der Waals surface area contributed by atoms with E-state index in [9.17, 15) is 8.78 Å². The highest BCUT2D eigenvalue weighted by Crippen LogP contribution is 2.25. The molecule has 4 nitrogen and oxygen atoms in total. The Morgan fingerprint density at radius 2 is 2.23 bits per heavy atom. The number of hydrogen-bond acceptors (Lipinski definition) is 2. The van der Waals surface area contributed by atoms with E-state index in [0.717, 1.165) is 44.6 Å². The molecule has 6 heteroatoms. The molecule has 0 spiro atoms. The van der Waals surface area contributed by atoms with Gasteiger partial charge in [0, 0.05) is 37.9 Å². The minimum absolute atomic E-state index is 0.389. The van der Waals surface area contributed by atoms with Crippen LogP contribution in [0.25, 0.3) is 0 Å². The van der Waals surface area contributed by atoms with Crippen molar-refractivity contribution in [1.29, 1.82) is 0 Å². The number of benzene rings is 1. The number of rotatable bonds is 6. The molecule has 1 aromatic carbocycles. The molecule has 1 unspecified atom stereocenters. The monoisotopic (exact) mass is 310 g/mol. The first-order valence-corrected chi connectivity index (χ1v) is 7.84. The number of nitrogens with zero attached hydrogens (tertiary/aromatic N) is 2. The summed E-state index contributed by atoms with van der Waals surface area (Å²) in [5.74, 6) is -0.738. The molecule has 1 aliphatic heterocycles. The molecule has 0 saturated carbocycles. The van der Waals surface area contributed by atoms with Crippen molar-refractivity contribution in [1.82, 2.24) is 5.32 Å². The van der Waals surface area contributed by atoms with E-state index in [-0.39, 0.29) is 0 Å². The molecule has 0 aliphatic carbocycles. The van der Waals surface area contributed by atoms with Crippen LogP contribution in [0.1, 0.15) is 26.2 Å². The fourth-order valence-corrected chi connectivity index (χ4v) is 2.57. The van der Waals surface area contributed by atoms with Crippen LogP contribution in [0.5, 0.6) is 0 Å². The van der Waals surface area contributed by atoms with Crippen molar-refractivity contribution < 1.29 is 8.78 Å². The van der Waals surface area contributed by atoms with Crippen molar-refractivity contribution in [3.63, 3.8) is 0 Å². The highest BCUT2D eigenvalue weighted by Gasteiger charge is 2.23. The molecule has 1 fully saturated rings. The summed E-state index contributed by atoms with van der Waals surface area (Å²) in [7, 11) is 0. The molecule has 2 rings (SSSR count). The third-order valence-electron chi connectivity index (χ3n) is 3.91. The lowest BCUT2D eigenvalue weighted by Gasteiger charge is -2.18. The summed E-state index contributed by atoms with van der Waals surface area (Å²) in [6, 6.07) is 4.04. The molecule has 0 bridgehead atoms. The first kappa shape index (κ1) is 16.5. The smallest absolute Gasteiger partial charge is 0.188 e. The van der Waals surface area contributed by atoms with Gasteiger partial charge in [-0.3, -0.25) is 4.99 Å². The Kier molecular flexibility index (Phi) is 5.98. The topological polar surface area (TPSA) is 53.6 Å². The van der Waals surface area contributed by atoms with Crippen molar-refractivity contribution in [3.05, 3.63) is 29.8 Å². The molecule has 122 valence electrons. The first-order chi connectivity index (χ1) is 10.6. The predicted octanol–water partition coefficient (Wildman–Crippen LogP) is 2.50. The summed E-state index contributed by atoms with van der Waals surface area (Å²) in [4.78, 5) is 6.42. The van der Waals surface area contributed by atoms with Crippen LogP contribution in [-0.2, 0) is 0 Å². The van der Waals surface area contributed by atoms with E-state index in [0.29, 0.717) is 18.4 Å². The van der Waals surface area contributed by atoms with Crippen LogP contribution >= 0.6 is 0 Å². The standard InChI is InChI=1S/C16H24F2N4/c1-2-3-7-20-16(19)21-10-12-6-8-22(11-12)13-4-5-14(17)15(18)9-13/h4-5,9,12H,2-3,6-8,10-11H2,1H3,(H3,19,20,21). The van der Waals surface area contributed by atoms with Crippen molar-refractivity contribution >= 4 is 11.6 Å². The van der Waals surface area contributed by atoms with Crippen LogP contribution in [0.4, 0.5) is 14.5 Å². The van der Waals surface area contributed by atoms with Gasteiger partial charge in [0.15, 0.2) is 17.6 Å². The zero-order chi connectivity index (χ0) is 15.9. The molecule has 1 aliphatic rings. The Bertz CT molecular complexity index is 519. The van der Waals surface area contributed by atoms with Crippen molar-refractivity contribution in [2.45, 2.75) is 26.2 Å². The summed E-state index contributed by atoms with van der Waals surface area (Å²) in [5, 5.41) is 3.09. The van der Waals surface area contributed by atoms with Gasteiger partial charge in [0.2, 0.25) is 0 Å². The van der Waals surface area contributed by atoms with Crippen LogP contribution in [-0.4, -0.2) is 32.1 Å². The third-order valence-corrected chi connectivity index (χ3v) is 3.91. The second-order valence-electron chi connectivity index (χ2n) is 5.71. The normalized spacial score (nSPS) is 18.8. The Balaban J connectivity index is 1.82. The average Bonchev–Trinajstić information content (AvgIpc) is 2.97. The molecular weight excluding hydrogens is 286 g/mol. The average molecular weight is 310 g/mol. The molecule has 1 saturated heterocycles. The van der Waals surface area contributed by atoms with Gasteiger partial charge in [-0.25, -0.2) is 8.78 Å². The van der Waals surface area contributed by atoms with Crippen LogP contribution < -0.4 is 16.0 Å². The van der Waals surface area contributed by atoms with Crippen LogP contribution in [0.3, 0.4) is 0 Å². The highest BCUT2D eigenvalue weighted by atomic mass is 19.2. The van der Waals surface area contributed by atoms with Crippen LogP contribution in [0.15, 0.2) is 23.2 Å². The summed E-state index contributed by atoms with van der Waals surface area (Å²) in [5.41, 5.74) is 6.53. The van der Waals surface area contributed by atoms with Gasteiger partial charge in [0.1, 0.15) is 0 Å². The lowest BCUT2D eigenvalue weighted by Crippen LogP contribution is -2.33. The first-order valence-electron chi connectivity index (χ1n) is 7.84. The highest BCUT2D eigenvalue weighted by molar-refractivity contribution is 5.77. The molecule has 0 aromatic heterocycles. The van der Waals surface area contributed by atoms with E-state index in [2.05, 4.69) is 22.1 Å². The van der Waals surface area contributed by atoms with Gasteiger partial charge in [-0.2, -0.15) is 0 Å². The minimum atomic E-state index is -0.810. The summed E-state index contributed by atoms with van der Waals surface area (Å²) < 4.78 is 26.3. The maximum atomic E-state index is 13.3. The summed E-state index contributed by atoms with van der Waals surface area (Å²) >= 11 is 0. The molecule has 0 radical (unpaired) electrons. The Labute approximate surface area is 130 Å². The van der Waals surface area contributed by atoms with E-state index in [1.165, 1.54) is 12.1 Å². The van der Waals surface area contributed by atoms with E-state index in [1.54, 1.807) is 6.07 Å². The second kappa shape index (κ2) is 7.96. The van der Waals surface area contributed by atoms with Gasteiger partial charge >= 0.3 is 0 Å². The Hall–Kier alpha value is -1.85. The number of aliphatic imine (C=N–C) groups is 1. The molecule has 22 heavy (non-hydrogen) atoms.